The lowest BCUT2D eigenvalue weighted by Gasteiger charge is -2.17. The average Bonchev–Trinajstić information content (AvgIpc) is 3.11. The van der Waals surface area contributed by atoms with E-state index in [0.29, 0.717) is 6.04 Å². The second-order valence-corrected chi connectivity index (χ2v) is 4.56. The molecule has 1 unspecified atom stereocenters. The zero-order chi connectivity index (χ0) is 12.3. The molecule has 0 heterocycles. The van der Waals surface area contributed by atoms with Gasteiger partial charge in [-0.25, -0.2) is 4.79 Å². The van der Waals surface area contributed by atoms with Gasteiger partial charge in [0.05, 0.1) is 0 Å². The molecule has 2 amide bonds. The lowest BCUT2D eigenvalue weighted by Crippen LogP contribution is -2.21. The van der Waals surface area contributed by atoms with Crippen molar-refractivity contribution in [3.05, 3.63) is 24.3 Å². The van der Waals surface area contributed by atoms with Crippen LogP contribution in [0.4, 0.5) is 16.2 Å². The largest absolute Gasteiger partial charge is 0.382 e. The first-order valence-corrected chi connectivity index (χ1v) is 6.12. The fourth-order valence-corrected chi connectivity index (χ4v) is 2.06. The molecule has 4 N–H and O–H groups in total. The Hall–Kier alpha value is -1.71. The van der Waals surface area contributed by atoms with Gasteiger partial charge in [0.2, 0.25) is 0 Å². The zero-order valence-electron chi connectivity index (χ0n) is 10.1. The van der Waals surface area contributed by atoms with Crippen molar-refractivity contribution >= 4 is 17.4 Å². The molecule has 0 spiro atoms. The van der Waals surface area contributed by atoms with Gasteiger partial charge in [0, 0.05) is 17.4 Å². The number of nitrogens with one attached hydrogen (secondary N) is 2. The van der Waals surface area contributed by atoms with Crippen LogP contribution in [0.25, 0.3) is 0 Å². The molecule has 2 rings (SSSR count). The summed E-state index contributed by atoms with van der Waals surface area (Å²) in [6, 6.07) is 7.69. The third-order valence-corrected chi connectivity index (χ3v) is 3.14. The summed E-state index contributed by atoms with van der Waals surface area (Å²) in [7, 11) is 0. The topological polar surface area (TPSA) is 67.2 Å². The number of rotatable bonds is 5. The van der Waals surface area contributed by atoms with E-state index >= 15 is 0 Å². The summed E-state index contributed by atoms with van der Waals surface area (Å²) in [6.07, 6.45) is 3.82. The summed E-state index contributed by atoms with van der Waals surface area (Å²) in [6.45, 7) is 2.21. The molecule has 0 radical (unpaired) electrons. The van der Waals surface area contributed by atoms with Gasteiger partial charge in [-0.2, -0.15) is 0 Å². The van der Waals surface area contributed by atoms with Crippen molar-refractivity contribution in [3.63, 3.8) is 0 Å². The van der Waals surface area contributed by atoms with E-state index in [0.717, 1.165) is 23.7 Å². The Bertz CT molecular complexity index is 384. The minimum absolute atomic E-state index is 0.532. The number of anilines is 2. The van der Waals surface area contributed by atoms with E-state index < -0.39 is 6.03 Å². The predicted octanol–water partition coefficient (Wildman–Crippen LogP) is 2.78. The summed E-state index contributed by atoms with van der Waals surface area (Å²) in [5.74, 6) is 0.837. The summed E-state index contributed by atoms with van der Waals surface area (Å²) < 4.78 is 0. The molecule has 4 heteroatoms. The summed E-state index contributed by atoms with van der Waals surface area (Å²) in [4.78, 5) is 10.7. The molecular weight excluding hydrogens is 214 g/mol. The molecule has 1 aromatic rings. The van der Waals surface area contributed by atoms with Crippen LogP contribution < -0.4 is 16.4 Å². The number of primary amides is 1. The number of hydrogen-bond acceptors (Lipinski definition) is 2. The minimum atomic E-state index is -0.532. The van der Waals surface area contributed by atoms with Crippen molar-refractivity contribution in [3.8, 4) is 0 Å². The Balaban J connectivity index is 1.94. The third-order valence-electron chi connectivity index (χ3n) is 3.14. The van der Waals surface area contributed by atoms with E-state index in [2.05, 4.69) is 17.6 Å². The quantitative estimate of drug-likeness (QED) is 0.732. The molecule has 1 aliphatic rings. The molecule has 1 atom stereocenters. The maximum atomic E-state index is 10.7. The Morgan fingerprint density at radius 1 is 1.35 bits per heavy atom. The number of urea groups is 1. The van der Waals surface area contributed by atoms with Crippen molar-refractivity contribution in [1.29, 1.82) is 0 Å². The number of nitrogens with two attached hydrogens (primary N) is 1. The van der Waals surface area contributed by atoms with Crippen molar-refractivity contribution in [2.45, 2.75) is 32.2 Å². The van der Waals surface area contributed by atoms with Gasteiger partial charge in [0.1, 0.15) is 0 Å². The maximum Gasteiger partial charge on any atom is 0.316 e. The lowest BCUT2D eigenvalue weighted by atomic mass is 10.1. The second kappa shape index (κ2) is 5.08. The molecule has 1 aliphatic carbocycles. The van der Waals surface area contributed by atoms with E-state index in [1.165, 1.54) is 12.8 Å². The zero-order valence-corrected chi connectivity index (χ0v) is 10.1. The van der Waals surface area contributed by atoms with Crippen LogP contribution in [-0.4, -0.2) is 12.1 Å². The molecular formula is C13H19N3O. The Labute approximate surface area is 102 Å². The Kier molecular flexibility index (Phi) is 3.52. The van der Waals surface area contributed by atoms with Crippen molar-refractivity contribution in [2.75, 3.05) is 10.6 Å². The number of hydrogen-bond donors (Lipinski definition) is 3. The van der Waals surface area contributed by atoms with E-state index in [1.54, 1.807) is 0 Å². The first kappa shape index (κ1) is 11.8. The predicted molar refractivity (Wildman–Crippen MR) is 70.1 cm³/mol. The Morgan fingerprint density at radius 3 is 2.41 bits per heavy atom. The first-order chi connectivity index (χ1) is 8.19. The van der Waals surface area contributed by atoms with Crippen LogP contribution in [0.1, 0.15) is 26.2 Å². The van der Waals surface area contributed by atoms with Gasteiger partial charge in [-0.15, -0.1) is 0 Å². The van der Waals surface area contributed by atoms with E-state index in [4.69, 9.17) is 5.73 Å². The van der Waals surface area contributed by atoms with Crippen LogP contribution in [0.2, 0.25) is 0 Å². The molecule has 0 aromatic heterocycles. The number of carbonyl (C=O) groups is 1. The van der Waals surface area contributed by atoms with E-state index in [-0.39, 0.29) is 0 Å². The Morgan fingerprint density at radius 2 is 1.94 bits per heavy atom. The number of amides is 2. The first-order valence-electron chi connectivity index (χ1n) is 6.12. The molecule has 1 saturated carbocycles. The van der Waals surface area contributed by atoms with Crippen LogP contribution in [-0.2, 0) is 0 Å². The molecule has 4 nitrogen and oxygen atoms in total. The van der Waals surface area contributed by atoms with Crippen LogP contribution in [0, 0.1) is 5.92 Å². The molecule has 0 aliphatic heterocycles. The van der Waals surface area contributed by atoms with Crippen molar-refractivity contribution in [2.24, 2.45) is 11.7 Å². The normalized spacial score (nSPS) is 16.3. The molecule has 0 bridgehead atoms. The van der Waals surface area contributed by atoms with Gasteiger partial charge in [-0.3, -0.25) is 0 Å². The highest BCUT2D eigenvalue weighted by atomic mass is 16.2. The monoisotopic (exact) mass is 233 g/mol. The van der Waals surface area contributed by atoms with Crippen molar-refractivity contribution in [1.82, 2.24) is 0 Å². The maximum absolute atomic E-state index is 10.7. The van der Waals surface area contributed by atoms with Crippen LogP contribution in [0.3, 0.4) is 0 Å². The smallest absolute Gasteiger partial charge is 0.316 e. The third kappa shape index (κ3) is 3.37. The molecule has 1 aromatic carbocycles. The fraction of sp³-hybridized carbons (Fsp3) is 0.462. The van der Waals surface area contributed by atoms with Gasteiger partial charge in [-0.1, -0.05) is 6.92 Å². The second-order valence-electron chi connectivity index (χ2n) is 4.56. The summed E-state index contributed by atoms with van der Waals surface area (Å²) in [5.41, 5.74) is 6.87. The van der Waals surface area contributed by atoms with Crippen molar-refractivity contribution < 1.29 is 4.79 Å². The van der Waals surface area contributed by atoms with E-state index in [1.807, 2.05) is 24.3 Å². The van der Waals surface area contributed by atoms with Gasteiger partial charge in [0.25, 0.3) is 0 Å². The van der Waals surface area contributed by atoms with Gasteiger partial charge >= 0.3 is 6.03 Å². The van der Waals surface area contributed by atoms with Gasteiger partial charge < -0.3 is 16.4 Å². The number of benzene rings is 1. The van der Waals surface area contributed by atoms with Gasteiger partial charge in [-0.05, 0) is 49.4 Å². The van der Waals surface area contributed by atoms with Gasteiger partial charge in [0.15, 0.2) is 0 Å². The lowest BCUT2D eigenvalue weighted by molar-refractivity contribution is 0.259. The highest BCUT2D eigenvalue weighted by Crippen LogP contribution is 2.35. The highest BCUT2D eigenvalue weighted by molar-refractivity contribution is 5.87. The average molecular weight is 233 g/mol. The number of carbonyl (C=O) groups excluding carboxylic acids is 1. The van der Waals surface area contributed by atoms with Crippen LogP contribution in [0.5, 0.6) is 0 Å². The molecule has 17 heavy (non-hydrogen) atoms. The minimum Gasteiger partial charge on any atom is -0.382 e. The van der Waals surface area contributed by atoms with E-state index in [9.17, 15) is 4.79 Å². The molecule has 1 fully saturated rings. The fourth-order valence-electron chi connectivity index (χ4n) is 2.06. The van der Waals surface area contributed by atoms with Crippen LogP contribution >= 0.6 is 0 Å². The molecule has 92 valence electrons. The standard InChI is InChI=1S/C13H19N3O/c1-2-12(9-3-4-9)15-10-5-7-11(8-6-10)16-13(14)17/h5-9,12,15H,2-4H2,1H3,(H3,14,16,17). The summed E-state index contributed by atoms with van der Waals surface area (Å²) >= 11 is 0. The SMILES string of the molecule is CCC(Nc1ccc(NC(N)=O)cc1)C1CC1. The molecule has 0 saturated heterocycles. The highest BCUT2D eigenvalue weighted by Gasteiger charge is 2.29. The van der Waals surface area contributed by atoms with Crippen LogP contribution in [0.15, 0.2) is 24.3 Å². The summed E-state index contributed by atoms with van der Waals surface area (Å²) in [5, 5.41) is 6.07.